The Morgan fingerprint density at radius 1 is 1.75 bits per heavy atom. The van der Waals surface area contributed by atoms with Crippen molar-refractivity contribution in [2.45, 2.75) is 19.4 Å². The van der Waals surface area contributed by atoms with Gasteiger partial charge in [0.15, 0.2) is 0 Å². The third kappa shape index (κ3) is 1.37. The molecule has 1 atom stereocenters. The van der Waals surface area contributed by atoms with Gasteiger partial charge >= 0.3 is 16.4 Å². The second kappa shape index (κ2) is 2.91. The van der Waals surface area contributed by atoms with E-state index in [-0.39, 0.29) is 6.61 Å². The van der Waals surface area contributed by atoms with Gasteiger partial charge in [-0.3, -0.25) is 4.18 Å². The summed E-state index contributed by atoms with van der Waals surface area (Å²) in [6.45, 7) is 1.62. The Hall–Kier alpha value is -0.820. The largest absolute Gasteiger partial charge is 0.464 e. The second-order valence-corrected chi connectivity index (χ2v) is 3.87. The van der Waals surface area contributed by atoms with Crippen LogP contribution in [0.4, 0.5) is 4.79 Å². The number of carbonyl (C=O) groups is 1. The third-order valence-corrected chi connectivity index (χ3v) is 3.01. The molecule has 1 rings (SSSR count). The zero-order valence-electron chi connectivity index (χ0n) is 6.43. The van der Waals surface area contributed by atoms with Gasteiger partial charge in [0.25, 0.3) is 0 Å². The predicted molar refractivity (Wildman–Crippen MR) is 38.8 cm³/mol. The highest BCUT2D eigenvalue weighted by Crippen LogP contribution is 2.20. The molecule has 0 bridgehead atoms. The molecule has 1 fully saturated rings. The Kier molecular flexibility index (Phi) is 2.25. The van der Waals surface area contributed by atoms with Gasteiger partial charge in [-0.05, 0) is 6.42 Å². The van der Waals surface area contributed by atoms with Crippen molar-refractivity contribution in [1.82, 2.24) is 4.31 Å². The van der Waals surface area contributed by atoms with Crippen LogP contribution in [0.15, 0.2) is 0 Å². The molecule has 12 heavy (non-hydrogen) atoms. The van der Waals surface area contributed by atoms with Gasteiger partial charge in [-0.15, -0.1) is 0 Å². The maximum Gasteiger partial charge on any atom is 0.423 e. The van der Waals surface area contributed by atoms with E-state index in [9.17, 15) is 13.2 Å². The quantitative estimate of drug-likeness (QED) is 0.637. The molecule has 7 heteroatoms. The lowest BCUT2D eigenvalue weighted by Crippen LogP contribution is -2.37. The van der Waals surface area contributed by atoms with Crippen molar-refractivity contribution in [3.63, 3.8) is 0 Å². The molecule has 0 aromatic carbocycles. The molecule has 6 nitrogen and oxygen atoms in total. The van der Waals surface area contributed by atoms with Crippen molar-refractivity contribution >= 4 is 16.4 Å². The SMILES string of the molecule is CC[C@@H]1COS(=O)(=O)N1C(=O)O. The maximum absolute atomic E-state index is 10.9. The monoisotopic (exact) mass is 195 g/mol. The highest BCUT2D eigenvalue weighted by Gasteiger charge is 2.41. The lowest BCUT2D eigenvalue weighted by molar-refractivity contribution is 0.163. The van der Waals surface area contributed by atoms with E-state index in [1.807, 2.05) is 0 Å². The van der Waals surface area contributed by atoms with E-state index in [0.717, 1.165) is 0 Å². The van der Waals surface area contributed by atoms with Gasteiger partial charge in [0.2, 0.25) is 0 Å². The number of rotatable bonds is 1. The lowest BCUT2D eigenvalue weighted by atomic mass is 10.2. The minimum Gasteiger partial charge on any atom is -0.464 e. The van der Waals surface area contributed by atoms with E-state index in [1.54, 1.807) is 6.92 Å². The standard InChI is InChI=1S/C5H9NO5S/c1-2-4-3-11-12(9,10)6(4)5(7)8/h4H,2-3H2,1H3,(H,7,8)/t4-/m1/s1. The van der Waals surface area contributed by atoms with E-state index in [4.69, 9.17) is 5.11 Å². The summed E-state index contributed by atoms with van der Waals surface area (Å²) >= 11 is 0. The molecule has 1 heterocycles. The molecular weight excluding hydrogens is 186 g/mol. The van der Waals surface area contributed by atoms with Crippen LogP contribution in [0.3, 0.4) is 0 Å². The van der Waals surface area contributed by atoms with Gasteiger partial charge in [0.1, 0.15) is 0 Å². The summed E-state index contributed by atoms with van der Waals surface area (Å²) in [6, 6.07) is -0.576. The molecule has 0 saturated carbocycles. The lowest BCUT2D eigenvalue weighted by Gasteiger charge is -2.14. The highest BCUT2D eigenvalue weighted by molar-refractivity contribution is 7.85. The summed E-state index contributed by atoms with van der Waals surface area (Å²) < 4.78 is 26.5. The van der Waals surface area contributed by atoms with Crippen LogP contribution in [0.25, 0.3) is 0 Å². The van der Waals surface area contributed by atoms with Crippen molar-refractivity contribution < 1.29 is 22.5 Å². The average Bonchev–Trinajstić information content (AvgIpc) is 2.24. The third-order valence-electron chi connectivity index (χ3n) is 1.64. The zero-order valence-corrected chi connectivity index (χ0v) is 7.24. The van der Waals surface area contributed by atoms with Crippen LogP contribution in [0.2, 0.25) is 0 Å². The van der Waals surface area contributed by atoms with Gasteiger partial charge in [-0.25, -0.2) is 4.79 Å². The molecule has 70 valence electrons. The van der Waals surface area contributed by atoms with Crippen LogP contribution < -0.4 is 0 Å². The molecule has 1 aliphatic heterocycles. The molecule has 1 N–H and O–H groups in total. The first-order valence-corrected chi connectivity index (χ1v) is 4.77. The van der Waals surface area contributed by atoms with Crippen LogP contribution in [-0.4, -0.2) is 36.6 Å². The summed E-state index contributed by atoms with van der Waals surface area (Å²) in [5.41, 5.74) is 0. The summed E-state index contributed by atoms with van der Waals surface area (Å²) in [5, 5.41) is 8.52. The molecule has 1 aliphatic rings. The average molecular weight is 195 g/mol. The van der Waals surface area contributed by atoms with Gasteiger partial charge in [-0.1, -0.05) is 6.92 Å². The van der Waals surface area contributed by atoms with Gasteiger partial charge < -0.3 is 5.11 Å². The minimum absolute atomic E-state index is 0.0782. The van der Waals surface area contributed by atoms with E-state index in [1.165, 1.54) is 0 Å². The Bertz CT molecular complexity index is 284. The first kappa shape index (κ1) is 9.27. The first-order valence-electron chi connectivity index (χ1n) is 3.40. The number of nitrogens with zero attached hydrogens (tertiary/aromatic N) is 1. The predicted octanol–water partition coefficient (Wildman–Crippen LogP) is 0.0200. The molecule has 1 amide bonds. The van der Waals surface area contributed by atoms with Crippen LogP contribution in [0.5, 0.6) is 0 Å². The van der Waals surface area contributed by atoms with Gasteiger partial charge in [0.05, 0.1) is 12.6 Å². The number of amides is 1. The molecule has 0 aliphatic carbocycles. The zero-order chi connectivity index (χ0) is 9.35. The van der Waals surface area contributed by atoms with Crippen LogP contribution in [0.1, 0.15) is 13.3 Å². The fourth-order valence-corrected chi connectivity index (χ4v) is 2.22. The van der Waals surface area contributed by atoms with Crippen molar-refractivity contribution in [2.75, 3.05) is 6.61 Å². The van der Waals surface area contributed by atoms with Gasteiger partial charge in [-0.2, -0.15) is 12.7 Å². The summed E-state index contributed by atoms with van der Waals surface area (Å²) in [5.74, 6) is 0. The van der Waals surface area contributed by atoms with E-state index < -0.39 is 22.4 Å². The van der Waals surface area contributed by atoms with Crippen molar-refractivity contribution in [2.24, 2.45) is 0 Å². The summed E-state index contributed by atoms with van der Waals surface area (Å²) in [7, 11) is -4.01. The Morgan fingerprint density at radius 2 is 2.33 bits per heavy atom. The number of hydrogen-bond acceptors (Lipinski definition) is 4. The van der Waals surface area contributed by atoms with Crippen LogP contribution in [0, 0.1) is 0 Å². The number of hydrogen-bond donors (Lipinski definition) is 1. The Balaban J connectivity index is 2.96. The molecule has 0 spiro atoms. The van der Waals surface area contributed by atoms with Crippen LogP contribution >= 0.6 is 0 Å². The Morgan fingerprint density at radius 3 is 2.67 bits per heavy atom. The molecule has 0 unspecified atom stereocenters. The van der Waals surface area contributed by atoms with E-state index in [0.29, 0.717) is 10.7 Å². The summed E-state index contributed by atoms with van der Waals surface area (Å²) in [4.78, 5) is 10.5. The van der Waals surface area contributed by atoms with E-state index in [2.05, 4.69) is 4.18 Å². The smallest absolute Gasteiger partial charge is 0.423 e. The van der Waals surface area contributed by atoms with Gasteiger partial charge in [0, 0.05) is 0 Å². The molecule has 0 radical (unpaired) electrons. The highest BCUT2D eigenvalue weighted by atomic mass is 32.2. The van der Waals surface area contributed by atoms with Crippen molar-refractivity contribution in [1.29, 1.82) is 0 Å². The molecular formula is C5H9NO5S. The normalized spacial score (nSPS) is 27.4. The van der Waals surface area contributed by atoms with Crippen molar-refractivity contribution in [3.05, 3.63) is 0 Å². The summed E-state index contributed by atoms with van der Waals surface area (Å²) in [6.07, 6.45) is -1.06. The molecule has 0 aromatic heterocycles. The fourth-order valence-electron chi connectivity index (χ4n) is 1.01. The number of carboxylic acid groups (broad SMARTS) is 1. The van der Waals surface area contributed by atoms with Crippen molar-refractivity contribution in [3.8, 4) is 0 Å². The first-order chi connectivity index (χ1) is 5.49. The Labute approximate surface area is 70.0 Å². The van der Waals surface area contributed by atoms with Crippen LogP contribution in [-0.2, 0) is 14.5 Å². The van der Waals surface area contributed by atoms with E-state index >= 15 is 0 Å². The molecule has 1 saturated heterocycles. The fraction of sp³-hybridized carbons (Fsp3) is 0.800. The maximum atomic E-state index is 10.9. The minimum atomic E-state index is -4.01. The topological polar surface area (TPSA) is 83.9 Å². The second-order valence-electron chi connectivity index (χ2n) is 2.38. The molecule has 0 aromatic rings.